The van der Waals surface area contributed by atoms with Crippen LogP contribution in [0.25, 0.3) is 0 Å². The Balaban J connectivity index is 1.97. The summed E-state index contributed by atoms with van der Waals surface area (Å²) < 4.78 is 12.0. The van der Waals surface area contributed by atoms with Crippen molar-refractivity contribution in [2.45, 2.75) is 76.8 Å². The van der Waals surface area contributed by atoms with Crippen molar-refractivity contribution in [3.8, 4) is 0 Å². The Morgan fingerprint density at radius 3 is 2.00 bits per heavy atom. The number of unbranched alkanes of at least 4 members (excludes halogenated alkanes) is 8. The van der Waals surface area contributed by atoms with Gasteiger partial charge in [0, 0.05) is 5.56 Å². The second-order valence-electron chi connectivity index (χ2n) is 7.75. The van der Waals surface area contributed by atoms with Crippen molar-refractivity contribution in [2.24, 2.45) is 0 Å². The fourth-order valence-electron chi connectivity index (χ4n) is 3.76. The van der Waals surface area contributed by atoms with Crippen molar-refractivity contribution in [1.82, 2.24) is 0 Å². The first-order chi connectivity index (χ1) is 14.6. The van der Waals surface area contributed by atoms with E-state index in [1.165, 1.54) is 44.9 Å². The van der Waals surface area contributed by atoms with Gasteiger partial charge in [-0.3, -0.25) is 9.36 Å². The topological polar surface area (TPSA) is 34.1 Å². The zero-order chi connectivity index (χ0) is 21.8. The summed E-state index contributed by atoms with van der Waals surface area (Å²) in [6.07, 6.45) is 12.0. The predicted molar refractivity (Wildman–Crippen MR) is 129 cm³/mol. The molecule has 30 heavy (non-hydrogen) atoms. The first-order valence-electron chi connectivity index (χ1n) is 11.0. The minimum atomic E-state index is -0.220. The Morgan fingerprint density at radius 2 is 1.40 bits per heavy atom. The van der Waals surface area contributed by atoms with Gasteiger partial charge in [-0.2, -0.15) is 0 Å². The van der Waals surface area contributed by atoms with E-state index in [0.717, 1.165) is 24.8 Å². The number of benzene rings is 2. The molecule has 1 unspecified atom stereocenters. The maximum Gasteiger partial charge on any atom is 0.196 e. The number of hydrogen-bond donors (Lipinski definition) is 0. The molecule has 1 atom stereocenters. The minimum absolute atomic E-state index is 0.0394. The molecule has 0 aliphatic heterocycles. The van der Waals surface area contributed by atoms with Crippen LogP contribution < -0.4 is 0 Å². The summed E-state index contributed by atoms with van der Waals surface area (Å²) in [5, 5.41) is 0.662. The van der Waals surface area contributed by atoms with Gasteiger partial charge in [-0.25, -0.2) is 0 Å². The van der Waals surface area contributed by atoms with Crippen LogP contribution in [0.15, 0.2) is 42.5 Å². The standard InChI is InChI=1S/C25H31Cl2O2P/c1-2-3-4-5-6-7-8-9-10-18-23(30-29)19-14-11-12-15-20(19)25(28)24-21(26)16-13-17-22(24)27/h11-17,23H,2-10,18H2,1H3. The molecule has 5 heteroatoms. The largest absolute Gasteiger partial charge is 0.288 e. The molecule has 0 aliphatic carbocycles. The number of carbonyl (C=O) groups excluding carboxylic acids is 1. The fourth-order valence-corrected chi connectivity index (χ4v) is 4.95. The van der Waals surface area contributed by atoms with Crippen molar-refractivity contribution < 1.29 is 9.36 Å². The number of halogens is 2. The van der Waals surface area contributed by atoms with Gasteiger partial charge in [0.15, 0.2) is 14.2 Å². The lowest BCUT2D eigenvalue weighted by Gasteiger charge is -2.15. The van der Waals surface area contributed by atoms with Crippen molar-refractivity contribution in [3.63, 3.8) is 0 Å². The van der Waals surface area contributed by atoms with Crippen molar-refractivity contribution >= 4 is 37.4 Å². The van der Waals surface area contributed by atoms with Crippen LogP contribution in [0.2, 0.25) is 10.0 Å². The molecule has 2 aromatic rings. The molecule has 0 spiro atoms. The Hall–Kier alpha value is -1.21. The van der Waals surface area contributed by atoms with Crippen molar-refractivity contribution in [1.29, 1.82) is 0 Å². The second-order valence-corrected chi connectivity index (χ2v) is 9.40. The molecule has 0 aromatic heterocycles. The molecule has 0 saturated heterocycles. The maximum atomic E-state index is 13.2. The number of rotatable bonds is 14. The lowest BCUT2D eigenvalue weighted by Crippen LogP contribution is -2.08. The van der Waals surface area contributed by atoms with Crippen molar-refractivity contribution in [2.75, 3.05) is 0 Å². The van der Waals surface area contributed by atoms with Crippen LogP contribution in [-0.2, 0) is 4.57 Å². The summed E-state index contributed by atoms with van der Waals surface area (Å²) in [5.41, 5.74) is 1.43. The molecule has 2 aromatic carbocycles. The van der Waals surface area contributed by atoms with Gasteiger partial charge < -0.3 is 0 Å². The molecular weight excluding hydrogens is 434 g/mol. The van der Waals surface area contributed by atoms with E-state index >= 15 is 0 Å². The van der Waals surface area contributed by atoms with E-state index in [2.05, 4.69) is 6.92 Å². The summed E-state index contributed by atoms with van der Waals surface area (Å²) in [4.78, 5) is 13.2. The molecule has 0 radical (unpaired) electrons. The summed E-state index contributed by atoms with van der Waals surface area (Å²) >= 11 is 12.5. The molecule has 0 N–H and O–H groups in total. The van der Waals surface area contributed by atoms with Gasteiger partial charge in [0.2, 0.25) is 0 Å². The van der Waals surface area contributed by atoms with E-state index in [4.69, 9.17) is 23.2 Å². The predicted octanol–water partition coefficient (Wildman–Crippen LogP) is 9.48. The van der Waals surface area contributed by atoms with Crippen LogP contribution in [0.4, 0.5) is 0 Å². The summed E-state index contributed by atoms with van der Waals surface area (Å²) in [6, 6.07) is 12.4. The third-order valence-corrected chi connectivity index (χ3v) is 6.88. The molecular formula is C25H31Cl2O2P. The highest BCUT2D eigenvalue weighted by molar-refractivity contribution is 7.24. The van der Waals surface area contributed by atoms with E-state index in [-0.39, 0.29) is 19.9 Å². The summed E-state index contributed by atoms with van der Waals surface area (Å²) in [6.45, 7) is 2.24. The van der Waals surface area contributed by atoms with Crippen molar-refractivity contribution in [3.05, 3.63) is 69.2 Å². The van der Waals surface area contributed by atoms with Gasteiger partial charge in [0.1, 0.15) is 0 Å². The highest BCUT2D eigenvalue weighted by Gasteiger charge is 2.23. The first kappa shape index (κ1) is 25.1. The Kier molecular flexibility index (Phi) is 11.7. The van der Waals surface area contributed by atoms with E-state index in [1.54, 1.807) is 24.3 Å². The number of carbonyl (C=O) groups is 1. The van der Waals surface area contributed by atoms with Crippen LogP contribution in [0.1, 0.15) is 98.3 Å². The summed E-state index contributed by atoms with van der Waals surface area (Å²) in [5.74, 6) is -0.220. The van der Waals surface area contributed by atoms with Gasteiger partial charge in [-0.1, -0.05) is 118 Å². The van der Waals surface area contributed by atoms with Gasteiger partial charge in [0.05, 0.1) is 21.3 Å². The van der Waals surface area contributed by atoms with E-state index in [9.17, 15) is 9.36 Å². The van der Waals surface area contributed by atoms with Gasteiger partial charge in [0.25, 0.3) is 0 Å². The first-order valence-corrected chi connectivity index (χ1v) is 12.6. The van der Waals surface area contributed by atoms with Crippen LogP contribution in [-0.4, -0.2) is 5.78 Å². The third kappa shape index (κ3) is 7.49. The molecule has 162 valence electrons. The average molecular weight is 465 g/mol. The molecule has 0 fully saturated rings. The fraction of sp³-hybridized carbons (Fsp3) is 0.480. The Morgan fingerprint density at radius 1 is 0.833 bits per heavy atom. The second kappa shape index (κ2) is 14.0. The third-order valence-electron chi connectivity index (χ3n) is 5.46. The van der Waals surface area contributed by atoms with Gasteiger partial charge in [-0.05, 0) is 24.1 Å². The van der Waals surface area contributed by atoms with Gasteiger partial charge in [-0.15, -0.1) is 0 Å². The zero-order valence-electron chi connectivity index (χ0n) is 17.7. The SMILES string of the molecule is CCCCCCCCCCCC(P=O)c1ccccc1C(=O)c1c(Cl)cccc1Cl. The molecule has 0 saturated carbocycles. The number of hydrogen-bond acceptors (Lipinski definition) is 2. The molecule has 0 heterocycles. The van der Waals surface area contributed by atoms with Crippen LogP contribution in [0, 0.1) is 0 Å². The highest BCUT2D eigenvalue weighted by atomic mass is 35.5. The Labute approximate surface area is 192 Å². The number of ketones is 1. The summed E-state index contributed by atoms with van der Waals surface area (Å²) in [7, 11) is 0.0394. The normalized spacial score (nSPS) is 12.2. The van der Waals surface area contributed by atoms with Crippen LogP contribution in [0.3, 0.4) is 0 Å². The van der Waals surface area contributed by atoms with E-state index in [1.807, 2.05) is 18.2 Å². The highest BCUT2D eigenvalue weighted by Crippen LogP contribution is 2.37. The average Bonchev–Trinajstić information content (AvgIpc) is 2.75. The van der Waals surface area contributed by atoms with Crippen LogP contribution >= 0.6 is 31.7 Å². The molecule has 0 aliphatic rings. The van der Waals surface area contributed by atoms with E-state index in [0.29, 0.717) is 21.2 Å². The quantitative estimate of drug-likeness (QED) is 0.158. The lowest BCUT2D eigenvalue weighted by atomic mass is 9.94. The lowest BCUT2D eigenvalue weighted by molar-refractivity contribution is 0.103. The Bertz CT molecular complexity index is 802. The molecule has 0 amide bonds. The zero-order valence-corrected chi connectivity index (χ0v) is 20.1. The minimum Gasteiger partial charge on any atom is -0.288 e. The molecule has 0 bridgehead atoms. The smallest absolute Gasteiger partial charge is 0.196 e. The van der Waals surface area contributed by atoms with E-state index < -0.39 is 0 Å². The van der Waals surface area contributed by atoms with Crippen LogP contribution in [0.5, 0.6) is 0 Å². The monoisotopic (exact) mass is 464 g/mol. The molecule has 2 rings (SSSR count). The molecule has 2 nitrogen and oxygen atoms in total. The maximum absolute atomic E-state index is 13.2. The van der Waals surface area contributed by atoms with Gasteiger partial charge >= 0.3 is 0 Å².